The first kappa shape index (κ1) is 16.7. The maximum absolute atomic E-state index is 12.4. The molecule has 0 aliphatic heterocycles. The topological polar surface area (TPSA) is 79.3 Å². The zero-order chi connectivity index (χ0) is 17.1. The number of hydrogen-bond donors (Lipinski definition) is 2. The maximum Gasteiger partial charge on any atom is 0.276 e. The highest BCUT2D eigenvalue weighted by molar-refractivity contribution is 5.78. The van der Waals surface area contributed by atoms with Gasteiger partial charge in [0, 0.05) is 30.1 Å². The molecule has 0 bridgehead atoms. The smallest absolute Gasteiger partial charge is 0.276 e. The van der Waals surface area contributed by atoms with Gasteiger partial charge in [-0.05, 0) is 31.6 Å². The zero-order valence-electron chi connectivity index (χ0n) is 14.5. The maximum atomic E-state index is 12.4. The van der Waals surface area contributed by atoms with E-state index in [1.807, 2.05) is 0 Å². The second-order valence-corrected chi connectivity index (χ2v) is 6.91. The minimum absolute atomic E-state index is 0.0872. The molecule has 1 aliphatic rings. The predicted octanol–water partition coefficient (Wildman–Crippen LogP) is 2.21. The summed E-state index contributed by atoms with van der Waals surface area (Å²) in [6, 6.07) is 1.74. The molecule has 130 valence electrons. The largest absolute Gasteiger partial charge is 0.356 e. The molecular weight excluding hydrogens is 304 g/mol. The summed E-state index contributed by atoms with van der Waals surface area (Å²) in [6.45, 7) is 4.75. The Morgan fingerprint density at radius 2 is 2.04 bits per heavy atom. The van der Waals surface area contributed by atoms with Crippen molar-refractivity contribution < 1.29 is 4.79 Å². The van der Waals surface area contributed by atoms with Gasteiger partial charge in [0.1, 0.15) is 0 Å². The van der Waals surface area contributed by atoms with Gasteiger partial charge in [-0.3, -0.25) is 14.7 Å². The van der Waals surface area contributed by atoms with Crippen LogP contribution in [0.1, 0.15) is 50.3 Å². The summed E-state index contributed by atoms with van der Waals surface area (Å²) in [5.74, 6) is 1.34. The molecule has 1 fully saturated rings. The minimum atomic E-state index is -0.193. The van der Waals surface area contributed by atoms with Gasteiger partial charge >= 0.3 is 0 Å². The van der Waals surface area contributed by atoms with Gasteiger partial charge in [0.25, 0.3) is 5.56 Å². The molecule has 6 heteroatoms. The highest BCUT2D eigenvalue weighted by Crippen LogP contribution is 2.30. The van der Waals surface area contributed by atoms with Gasteiger partial charge in [-0.25, -0.2) is 9.50 Å². The molecule has 3 rings (SSSR count). The number of aromatic amines is 1. The van der Waals surface area contributed by atoms with Crippen molar-refractivity contribution in [3.63, 3.8) is 0 Å². The lowest BCUT2D eigenvalue weighted by atomic mass is 9.81. The van der Waals surface area contributed by atoms with Crippen LogP contribution in [0.25, 0.3) is 5.65 Å². The number of rotatable bonds is 5. The summed E-state index contributed by atoms with van der Waals surface area (Å²) >= 11 is 0. The Morgan fingerprint density at radius 1 is 1.33 bits per heavy atom. The van der Waals surface area contributed by atoms with Crippen LogP contribution in [0.15, 0.2) is 17.1 Å². The number of nitrogens with zero attached hydrogens (tertiary/aromatic N) is 2. The van der Waals surface area contributed by atoms with Gasteiger partial charge < -0.3 is 5.32 Å². The Morgan fingerprint density at radius 3 is 2.75 bits per heavy atom. The fraction of sp³-hybridized carbons (Fsp3) is 0.611. The number of carbonyl (C=O) groups is 1. The number of H-pyrrole nitrogens is 1. The normalized spacial score (nSPS) is 21.1. The summed E-state index contributed by atoms with van der Waals surface area (Å²) in [5, 5.41) is 5.84. The average molecular weight is 330 g/mol. The number of nitrogens with one attached hydrogen (secondary N) is 2. The molecule has 2 N–H and O–H groups in total. The summed E-state index contributed by atoms with van der Waals surface area (Å²) in [5.41, 5.74) is 1.47. The summed E-state index contributed by atoms with van der Waals surface area (Å²) < 4.78 is 1.38. The van der Waals surface area contributed by atoms with E-state index in [9.17, 15) is 9.59 Å². The average Bonchev–Trinajstić information content (AvgIpc) is 3.05. The Labute approximate surface area is 141 Å². The van der Waals surface area contributed by atoms with Crippen LogP contribution in [0.4, 0.5) is 0 Å². The first-order chi connectivity index (χ1) is 11.6. The molecule has 1 aliphatic carbocycles. The van der Waals surface area contributed by atoms with Crippen LogP contribution in [0.3, 0.4) is 0 Å². The van der Waals surface area contributed by atoms with E-state index in [-0.39, 0.29) is 17.9 Å². The van der Waals surface area contributed by atoms with Crippen molar-refractivity contribution in [2.45, 2.75) is 52.4 Å². The SMILES string of the molecule is CCC1CCC(CNC(=O)Cc2c(C)nc3cc[nH]n3c2=O)CC1. The van der Waals surface area contributed by atoms with Crippen LogP contribution in [-0.4, -0.2) is 27.0 Å². The summed E-state index contributed by atoms with van der Waals surface area (Å²) in [7, 11) is 0. The van der Waals surface area contributed by atoms with Crippen LogP contribution >= 0.6 is 0 Å². The molecule has 2 aromatic heterocycles. The first-order valence-corrected chi connectivity index (χ1v) is 8.90. The second kappa shape index (κ2) is 7.20. The quantitative estimate of drug-likeness (QED) is 0.882. The van der Waals surface area contributed by atoms with E-state index in [0.29, 0.717) is 29.4 Å². The van der Waals surface area contributed by atoms with Crippen LogP contribution < -0.4 is 10.9 Å². The van der Waals surface area contributed by atoms with Gasteiger partial charge in [0.2, 0.25) is 5.91 Å². The van der Waals surface area contributed by atoms with Crippen LogP contribution in [0, 0.1) is 18.8 Å². The van der Waals surface area contributed by atoms with Gasteiger partial charge in [-0.15, -0.1) is 0 Å². The monoisotopic (exact) mass is 330 g/mol. The number of aromatic nitrogens is 3. The van der Waals surface area contributed by atoms with Crippen molar-refractivity contribution in [1.82, 2.24) is 19.9 Å². The Kier molecular flexibility index (Phi) is 5.02. The molecule has 0 spiro atoms. The van der Waals surface area contributed by atoms with E-state index in [2.05, 4.69) is 22.3 Å². The van der Waals surface area contributed by atoms with Gasteiger partial charge in [-0.2, -0.15) is 0 Å². The fourth-order valence-corrected chi connectivity index (χ4v) is 3.63. The lowest BCUT2D eigenvalue weighted by molar-refractivity contribution is -0.120. The third-order valence-electron chi connectivity index (χ3n) is 5.31. The van der Waals surface area contributed by atoms with E-state index in [1.165, 1.54) is 36.6 Å². The van der Waals surface area contributed by atoms with Crippen molar-refractivity contribution >= 4 is 11.6 Å². The first-order valence-electron chi connectivity index (χ1n) is 8.90. The minimum Gasteiger partial charge on any atom is -0.356 e. The van der Waals surface area contributed by atoms with E-state index < -0.39 is 0 Å². The number of hydrogen-bond acceptors (Lipinski definition) is 3. The molecule has 24 heavy (non-hydrogen) atoms. The molecule has 0 unspecified atom stereocenters. The molecule has 2 heterocycles. The Balaban J connectivity index is 1.58. The second-order valence-electron chi connectivity index (χ2n) is 6.91. The number of amides is 1. The third kappa shape index (κ3) is 3.52. The van der Waals surface area contributed by atoms with Crippen molar-refractivity contribution in [3.05, 3.63) is 33.9 Å². The molecule has 0 atom stereocenters. The van der Waals surface area contributed by atoms with E-state index >= 15 is 0 Å². The third-order valence-corrected chi connectivity index (χ3v) is 5.31. The number of fused-ring (bicyclic) bond motifs is 1. The summed E-state index contributed by atoms with van der Waals surface area (Å²) in [6.07, 6.45) is 7.93. The highest BCUT2D eigenvalue weighted by atomic mass is 16.2. The standard InChI is InChI=1S/C18H26N4O2/c1-3-13-4-6-14(7-5-13)11-19-17(23)10-15-12(2)21-16-8-9-20-22(16)18(15)24/h8-9,13-14,20H,3-7,10-11H2,1-2H3,(H,19,23). The van der Waals surface area contributed by atoms with Crippen LogP contribution in [-0.2, 0) is 11.2 Å². The molecule has 2 aromatic rings. The highest BCUT2D eigenvalue weighted by Gasteiger charge is 2.21. The van der Waals surface area contributed by atoms with Gasteiger partial charge in [0.15, 0.2) is 5.65 Å². The van der Waals surface area contributed by atoms with Crippen molar-refractivity contribution in [1.29, 1.82) is 0 Å². The molecule has 1 saturated carbocycles. The van der Waals surface area contributed by atoms with Crippen LogP contribution in [0.5, 0.6) is 0 Å². The molecule has 1 amide bonds. The fourth-order valence-electron chi connectivity index (χ4n) is 3.63. The van der Waals surface area contributed by atoms with E-state index in [4.69, 9.17) is 0 Å². The zero-order valence-corrected chi connectivity index (χ0v) is 14.5. The van der Waals surface area contributed by atoms with Gasteiger partial charge in [0.05, 0.1) is 6.42 Å². The van der Waals surface area contributed by atoms with E-state index in [1.54, 1.807) is 19.2 Å². The predicted molar refractivity (Wildman–Crippen MR) is 93.0 cm³/mol. The van der Waals surface area contributed by atoms with Crippen LogP contribution in [0.2, 0.25) is 0 Å². The number of aryl methyl sites for hydroxylation is 1. The molecule has 6 nitrogen and oxygen atoms in total. The van der Waals surface area contributed by atoms with Crippen molar-refractivity contribution in [2.75, 3.05) is 6.54 Å². The summed E-state index contributed by atoms with van der Waals surface area (Å²) in [4.78, 5) is 29.1. The van der Waals surface area contributed by atoms with Gasteiger partial charge in [-0.1, -0.05) is 26.2 Å². The lowest BCUT2D eigenvalue weighted by Crippen LogP contribution is -2.34. The Hall–Kier alpha value is -2.11. The molecule has 0 aromatic carbocycles. The molecular formula is C18H26N4O2. The molecule has 0 saturated heterocycles. The van der Waals surface area contributed by atoms with E-state index in [0.717, 1.165) is 5.92 Å². The number of carbonyl (C=O) groups excluding carboxylic acids is 1. The lowest BCUT2D eigenvalue weighted by Gasteiger charge is -2.27. The van der Waals surface area contributed by atoms with Crippen molar-refractivity contribution in [2.24, 2.45) is 11.8 Å². The molecule has 0 radical (unpaired) electrons. The Bertz CT molecular complexity index is 769. The van der Waals surface area contributed by atoms with Crippen molar-refractivity contribution in [3.8, 4) is 0 Å².